The molecule has 1 aromatic rings. The topological polar surface area (TPSA) is 68.3 Å². The van der Waals surface area contributed by atoms with E-state index >= 15 is 0 Å². The van der Waals surface area contributed by atoms with Gasteiger partial charge in [0, 0.05) is 12.6 Å². The van der Waals surface area contributed by atoms with Crippen LogP contribution in [-0.4, -0.2) is 18.5 Å². The van der Waals surface area contributed by atoms with Crippen molar-refractivity contribution in [1.82, 2.24) is 5.32 Å². The van der Waals surface area contributed by atoms with E-state index in [1.807, 2.05) is 13.8 Å². The van der Waals surface area contributed by atoms with Crippen LogP contribution in [0.4, 0.5) is 0 Å². The van der Waals surface area contributed by atoms with Gasteiger partial charge >= 0.3 is 0 Å². The maximum Gasteiger partial charge on any atom is 0.254 e. The van der Waals surface area contributed by atoms with Crippen LogP contribution >= 0.6 is 0 Å². The maximum atomic E-state index is 11.5. The summed E-state index contributed by atoms with van der Waals surface area (Å²) in [5.41, 5.74) is 6.17. The zero-order valence-corrected chi connectivity index (χ0v) is 9.25. The van der Waals surface area contributed by atoms with Gasteiger partial charge in [0.1, 0.15) is 12.0 Å². The highest BCUT2D eigenvalue weighted by Crippen LogP contribution is 2.05. The van der Waals surface area contributed by atoms with E-state index in [1.54, 1.807) is 6.07 Å². The van der Waals surface area contributed by atoms with E-state index in [4.69, 9.17) is 10.2 Å². The molecule has 84 valence electrons. The molecule has 0 bridgehead atoms. The van der Waals surface area contributed by atoms with Crippen LogP contribution in [-0.2, 0) is 0 Å². The Morgan fingerprint density at radius 1 is 1.67 bits per heavy atom. The fourth-order valence-electron chi connectivity index (χ4n) is 1.29. The molecule has 0 radical (unpaired) electrons. The van der Waals surface area contributed by atoms with Crippen molar-refractivity contribution >= 4 is 5.91 Å². The van der Waals surface area contributed by atoms with Crippen LogP contribution in [0.3, 0.4) is 0 Å². The fraction of sp³-hybridized carbons (Fsp3) is 0.545. The van der Waals surface area contributed by atoms with Crippen molar-refractivity contribution in [1.29, 1.82) is 0 Å². The van der Waals surface area contributed by atoms with Crippen LogP contribution in [0.5, 0.6) is 0 Å². The molecule has 4 heteroatoms. The van der Waals surface area contributed by atoms with Gasteiger partial charge in [0.05, 0.1) is 5.56 Å². The van der Waals surface area contributed by atoms with E-state index in [9.17, 15) is 4.79 Å². The lowest BCUT2D eigenvalue weighted by molar-refractivity contribution is 0.0952. The molecular weight excluding hydrogens is 192 g/mol. The van der Waals surface area contributed by atoms with Gasteiger partial charge in [-0.15, -0.1) is 0 Å². The van der Waals surface area contributed by atoms with Gasteiger partial charge in [-0.25, -0.2) is 0 Å². The molecule has 1 amide bonds. The molecule has 0 saturated carbocycles. The zero-order chi connectivity index (χ0) is 11.3. The first-order valence-electron chi connectivity index (χ1n) is 5.18. The Morgan fingerprint density at radius 3 is 2.93 bits per heavy atom. The molecule has 3 N–H and O–H groups in total. The first kappa shape index (κ1) is 11.8. The lowest BCUT2D eigenvalue weighted by atomic mass is 10.2. The van der Waals surface area contributed by atoms with Crippen LogP contribution in [0.25, 0.3) is 0 Å². The maximum absolute atomic E-state index is 11.5. The molecule has 0 fully saturated rings. The second kappa shape index (κ2) is 5.56. The Kier molecular flexibility index (Phi) is 4.37. The quantitative estimate of drug-likeness (QED) is 0.723. The van der Waals surface area contributed by atoms with Crippen LogP contribution in [0, 0.1) is 6.92 Å². The first-order valence-corrected chi connectivity index (χ1v) is 5.18. The van der Waals surface area contributed by atoms with Gasteiger partial charge < -0.3 is 15.5 Å². The molecule has 0 saturated heterocycles. The van der Waals surface area contributed by atoms with Gasteiger partial charge in [-0.1, -0.05) is 0 Å². The summed E-state index contributed by atoms with van der Waals surface area (Å²) >= 11 is 0. The fourth-order valence-corrected chi connectivity index (χ4v) is 1.29. The Balaban J connectivity index is 2.25. The lowest BCUT2D eigenvalue weighted by Crippen LogP contribution is -2.25. The average molecular weight is 210 g/mol. The third-order valence-electron chi connectivity index (χ3n) is 2.11. The predicted octanol–water partition coefficient (Wildman–Crippen LogP) is 1.45. The van der Waals surface area contributed by atoms with Crippen molar-refractivity contribution in [2.75, 3.05) is 6.54 Å². The summed E-state index contributed by atoms with van der Waals surface area (Å²) in [6.45, 7) is 4.43. The summed E-state index contributed by atoms with van der Waals surface area (Å²) in [7, 11) is 0. The highest BCUT2D eigenvalue weighted by Gasteiger charge is 2.07. The van der Waals surface area contributed by atoms with E-state index in [0.717, 1.165) is 18.6 Å². The van der Waals surface area contributed by atoms with Crippen LogP contribution in [0.1, 0.15) is 35.9 Å². The smallest absolute Gasteiger partial charge is 0.254 e. The second-order valence-corrected chi connectivity index (χ2v) is 3.82. The number of rotatable bonds is 5. The molecule has 1 atom stereocenters. The van der Waals surface area contributed by atoms with E-state index in [-0.39, 0.29) is 11.9 Å². The summed E-state index contributed by atoms with van der Waals surface area (Å²) in [5, 5.41) is 2.81. The summed E-state index contributed by atoms with van der Waals surface area (Å²) < 4.78 is 5.05. The number of nitrogens with two attached hydrogens (primary N) is 1. The molecule has 0 spiro atoms. The van der Waals surface area contributed by atoms with Crippen molar-refractivity contribution in [3.8, 4) is 0 Å². The summed E-state index contributed by atoms with van der Waals surface area (Å²) in [4.78, 5) is 11.5. The second-order valence-electron chi connectivity index (χ2n) is 3.82. The molecular formula is C11H18N2O2. The molecule has 15 heavy (non-hydrogen) atoms. The molecule has 1 heterocycles. The highest BCUT2D eigenvalue weighted by atomic mass is 16.3. The van der Waals surface area contributed by atoms with E-state index in [2.05, 4.69) is 5.32 Å². The number of carbonyl (C=O) groups is 1. The molecule has 0 aliphatic rings. The van der Waals surface area contributed by atoms with E-state index in [0.29, 0.717) is 12.1 Å². The number of hydrogen-bond acceptors (Lipinski definition) is 3. The molecule has 0 aromatic carbocycles. The van der Waals surface area contributed by atoms with Crippen LogP contribution in [0.15, 0.2) is 16.7 Å². The SMILES string of the molecule is Cc1cc(C(=O)NCCCC(C)N)co1. The molecule has 1 aromatic heterocycles. The van der Waals surface area contributed by atoms with Gasteiger partial charge in [0.15, 0.2) is 0 Å². The normalized spacial score (nSPS) is 12.5. The minimum absolute atomic E-state index is 0.0866. The number of carbonyl (C=O) groups excluding carboxylic acids is 1. The number of amides is 1. The van der Waals surface area contributed by atoms with Crippen LogP contribution < -0.4 is 11.1 Å². The summed E-state index contributed by atoms with van der Waals surface area (Å²) in [5.74, 6) is 0.659. The Morgan fingerprint density at radius 2 is 2.40 bits per heavy atom. The summed E-state index contributed by atoms with van der Waals surface area (Å²) in [6.07, 6.45) is 3.29. The predicted molar refractivity (Wildman–Crippen MR) is 58.7 cm³/mol. The third kappa shape index (κ3) is 4.16. The lowest BCUT2D eigenvalue weighted by Gasteiger charge is -2.05. The van der Waals surface area contributed by atoms with E-state index in [1.165, 1.54) is 6.26 Å². The van der Waals surface area contributed by atoms with Gasteiger partial charge in [0.2, 0.25) is 0 Å². The Bertz CT molecular complexity index is 318. The molecule has 4 nitrogen and oxygen atoms in total. The molecule has 1 rings (SSSR count). The standard InChI is InChI=1S/C11H18N2O2/c1-8(12)4-3-5-13-11(14)10-6-9(2)15-7-10/h6-8H,3-5,12H2,1-2H3,(H,13,14). The number of hydrogen-bond donors (Lipinski definition) is 2. The van der Waals surface area contributed by atoms with Crippen molar-refractivity contribution in [2.45, 2.75) is 32.7 Å². The van der Waals surface area contributed by atoms with Gasteiger partial charge in [-0.05, 0) is 32.8 Å². The minimum atomic E-state index is -0.0866. The largest absolute Gasteiger partial charge is 0.469 e. The van der Waals surface area contributed by atoms with Gasteiger partial charge in [-0.2, -0.15) is 0 Å². The molecule has 1 unspecified atom stereocenters. The number of nitrogens with one attached hydrogen (secondary N) is 1. The van der Waals surface area contributed by atoms with Gasteiger partial charge in [0.25, 0.3) is 5.91 Å². The van der Waals surface area contributed by atoms with Crippen molar-refractivity contribution in [3.05, 3.63) is 23.7 Å². The molecule has 0 aliphatic heterocycles. The zero-order valence-electron chi connectivity index (χ0n) is 9.25. The minimum Gasteiger partial charge on any atom is -0.469 e. The van der Waals surface area contributed by atoms with Gasteiger partial charge in [-0.3, -0.25) is 4.79 Å². The Labute approximate surface area is 89.8 Å². The van der Waals surface area contributed by atoms with E-state index < -0.39 is 0 Å². The number of furan rings is 1. The monoisotopic (exact) mass is 210 g/mol. The highest BCUT2D eigenvalue weighted by molar-refractivity contribution is 5.93. The van der Waals surface area contributed by atoms with Crippen molar-refractivity contribution < 1.29 is 9.21 Å². The van der Waals surface area contributed by atoms with Crippen molar-refractivity contribution in [3.63, 3.8) is 0 Å². The van der Waals surface area contributed by atoms with Crippen molar-refractivity contribution in [2.24, 2.45) is 5.73 Å². The van der Waals surface area contributed by atoms with Crippen LogP contribution in [0.2, 0.25) is 0 Å². The number of aryl methyl sites for hydroxylation is 1. The first-order chi connectivity index (χ1) is 7.09. The Hall–Kier alpha value is -1.29. The average Bonchev–Trinajstić information content (AvgIpc) is 2.59. The summed E-state index contributed by atoms with van der Waals surface area (Å²) in [6, 6.07) is 1.92. The third-order valence-corrected chi connectivity index (χ3v) is 2.11. The molecule has 0 aliphatic carbocycles.